The molecule has 130 valence electrons. The second-order valence-electron chi connectivity index (χ2n) is 5.12. The second kappa shape index (κ2) is 6.16. The minimum Gasteiger partial charge on any atom is -0.479 e. The van der Waals surface area contributed by atoms with Gasteiger partial charge in [-0.25, -0.2) is 9.78 Å². The molecule has 0 spiro atoms. The summed E-state index contributed by atoms with van der Waals surface area (Å²) >= 11 is 0. The number of hydrogen-bond acceptors (Lipinski definition) is 10. The standard InChI is InChI=1S/C12H15N5O7/c13-12-15-9-6(10(16-12)23-2-5(19)20)14-3-17(9)11-8(22)7(21)4(1-18)24-11/h3-4,7-8,11,18,21-22H,1-2H2,(H,19,20)(H2,13,15,16)/t4-,7-,8-,11-/m1/s1. The SMILES string of the molecule is Nc1nc(OCC(=O)O)c2ncn([C@@H]3O[C@H](CO)[C@@H](O)[C@H]3O)c2n1. The molecule has 1 aliphatic heterocycles. The molecule has 0 saturated carbocycles. The maximum Gasteiger partial charge on any atom is 0.341 e. The highest BCUT2D eigenvalue weighted by Crippen LogP contribution is 2.32. The molecule has 6 N–H and O–H groups in total. The van der Waals surface area contributed by atoms with E-state index in [4.69, 9.17) is 25.4 Å². The molecule has 1 saturated heterocycles. The third kappa shape index (κ3) is 2.71. The smallest absolute Gasteiger partial charge is 0.341 e. The van der Waals surface area contributed by atoms with Crippen molar-refractivity contribution in [3.8, 4) is 5.88 Å². The number of nitrogens with zero attached hydrogens (tertiary/aromatic N) is 4. The Labute approximate surface area is 134 Å². The van der Waals surface area contributed by atoms with Gasteiger partial charge in [-0.1, -0.05) is 0 Å². The summed E-state index contributed by atoms with van der Waals surface area (Å²) in [6.45, 7) is -1.13. The van der Waals surface area contributed by atoms with Crippen LogP contribution in [0.1, 0.15) is 6.23 Å². The van der Waals surface area contributed by atoms with Gasteiger partial charge in [-0.3, -0.25) is 4.57 Å². The van der Waals surface area contributed by atoms with E-state index in [1.165, 1.54) is 10.9 Å². The Kier molecular flexibility index (Phi) is 4.19. The van der Waals surface area contributed by atoms with Gasteiger partial charge in [0, 0.05) is 0 Å². The number of imidazole rings is 1. The monoisotopic (exact) mass is 341 g/mol. The highest BCUT2D eigenvalue weighted by Gasteiger charge is 2.44. The Bertz CT molecular complexity index is 766. The number of aliphatic carboxylic acids is 1. The van der Waals surface area contributed by atoms with Crippen LogP contribution >= 0.6 is 0 Å². The number of ether oxygens (including phenoxy) is 2. The third-order valence-electron chi connectivity index (χ3n) is 3.53. The molecule has 0 radical (unpaired) electrons. The number of carboxylic acids is 1. The van der Waals surface area contributed by atoms with Gasteiger partial charge < -0.3 is 35.6 Å². The Balaban J connectivity index is 2.00. The molecule has 1 aliphatic rings. The van der Waals surface area contributed by atoms with Crippen molar-refractivity contribution in [1.29, 1.82) is 0 Å². The van der Waals surface area contributed by atoms with Gasteiger partial charge in [-0.05, 0) is 0 Å². The molecule has 0 aromatic carbocycles. The first-order valence-electron chi connectivity index (χ1n) is 6.89. The molecule has 12 nitrogen and oxygen atoms in total. The molecule has 3 rings (SSSR count). The van der Waals surface area contributed by atoms with Crippen LogP contribution < -0.4 is 10.5 Å². The van der Waals surface area contributed by atoms with Gasteiger partial charge in [0.1, 0.15) is 18.3 Å². The first-order valence-corrected chi connectivity index (χ1v) is 6.89. The summed E-state index contributed by atoms with van der Waals surface area (Å²) in [7, 11) is 0. The predicted octanol–water partition coefficient (Wildman–Crippen LogP) is -2.52. The van der Waals surface area contributed by atoms with E-state index >= 15 is 0 Å². The number of carboxylic acid groups (broad SMARTS) is 1. The summed E-state index contributed by atoms with van der Waals surface area (Å²) in [6.07, 6.45) is -3.40. The number of carbonyl (C=O) groups is 1. The summed E-state index contributed by atoms with van der Waals surface area (Å²) in [6, 6.07) is 0. The Hall–Kier alpha value is -2.54. The van der Waals surface area contributed by atoms with Crippen LogP contribution in [0.15, 0.2) is 6.33 Å². The highest BCUT2D eigenvalue weighted by molar-refractivity contribution is 5.78. The lowest BCUT2D eigenvalue weighted by Crippen LogP contribution is -2.33. The van der Waals surface area contributed by atoms with Crippen molar-refractivity contribution >= 4 is 23.1 Å². The molecular formula is C12H15N5O7. The predicted molar refractivity (Wildman–Crippen MR) is 75.9 cm³/mol. The van der Waals surface area contributed by atoms with Gasteiger partial charge in [0.15, 0.2) is 24.0 Å². The number of aromatic nitrogens is 4. The van der Waals surface area contributed by atoms with Crippen LogP contribution in [0.5, 0.6) is 5.88 Å². The average Bonchev–Trinajstić information content (AvgIpc) is 3.07. The zero-order valence-electron chi connectivity index (χ0n) is 12.2. The van der Waals surface area contributed by atoms with Gasteiger partial charge in [0.05, 0.1) is 12.9 Å². The van der Waals surface area contributed by atoms with Crippen LogP contribution in [0.25, 0.3) is 11.2 Å². The van der Waals surface area contributed by atoms with E-state index in [0.29, 0.717) is 0 Å². The average molecular weight is 341 g/mol. The normalized spacial score (nSPS) is 26.8. The maximum absolute atomic E-state index is 10.6. The highest BCUT2D eigenvalue weighted by atomic mass is 16.6. The van der Waals surface area contributed by atoms with Crippen LogP contribution in [0.2, 0.25) is 0 Å². The zero-order valence-corrected chi connectivity index (χ0v) is 12.2. The largest absolute Gasteiger partial charge is 0.479 e. The molecule has 24 heavy (non-hydrogen) atoms. The van der Waals surface area contributed by atoms with Gasteiger partial charge in [0.2, 0.25) is 11.8 Å². The van der Waals surface area contributed by atoms with Crippen LogP contribution in [-0.2, 0) is 9.53 Å². The Morgan fingerprint density at radius 2 is 2.12 bits per heavy atom. The summed E-state index contributed by atoms with van der Waals surface area (Å²) in [4.78, 5) is 22.4. The van der Waals surface area contributed by atoms with E-state index in [-0.39, 0.29) is 23.0 Å². The summed E-state index contributed by atoms with van der Waals surface area (Å²) in [5.74, 6) is -1.54. The molecule has 0 unspecified atom stereocenters. The molecule has 2 aromatic rings. The van der Waals surface area contributed by atoms with E-state index in [0.717, 1.165) is 0 Å². The summed E-state index contributed by atoms with van der Waals surface area (Å²) in [5, 5.41) is 37.8. The number of nitrogen functional groups attached to an aromatic ring is 1. The molecule has 3 heterocycles. The van der Waals surface area contributed by atoms with Crippen molar-refractivity contribution in [3.63, 3.8) is 0 Å². The number of hydrogen-bond donors (Lipinski definition) is 5. The minimum absolute atomic E-state index is 0.114. The van der Waals surface area contributed by atoms with Crippen LogP contribution in [0.4, 0.5) is 5.95 Å². The van der Waals surface area contributed by atoms with Crippen molar-refractivity contribution in [3.05, 3.63) is 6.33 Å². The first kappa shape index (κ1) is 16.3. The van der Waals surface area contributed by atoms with Crippen LogP contribution in [0, 0.1) is 0 Å². The fourth-order valence-corrected chi connectivity index (χ4v) is 2.43. The quantitative estimate of drug-likeness (QED) is 0.386. The first-order chi connectivity index (χ1) is 11.4. The fraction of sp³-hybridized carbons (Fsp3) is 0.500. The molecule has 4 atom stereocenters. The van der Waals surface area contributed by atoms with E-state index in [1.54, 1.807) is 0 Å². The number of aliphatic hydroxyl groups is 3. The number of aliphatic hydroxyl groups excluding tert-OH is 3. The molecule has 1 fully saturated rings. The lowest BCUT2D eigenvalue weighted by molar-refractivity contribution is -0.139. The number of rotatable bonds is 5. The molecule has 0 bridgehead atoms. The van der Waals surface area contributed by atoms with Crippen molar-refractivity contribution in [2.24, 2.45) is 0 Å². The van der Waals surface area contributed by atoms with E-state index < -0.39 is 43.7 Å². The number of fused-ring (bicyclic) bond motifs is 1. The van der Waals surface area contributed by atoms with Gasteiger partial charge in [-0.2, -0.15) is 9.97 Å². The van der Waals surface area contributed by atoms with Gasteiger partial charge in [0.25, 0.3) is 0 Å². The lowest BCUT2D eigenvalue weighted by atomic mass is 10.1. The molecule has 0 amide bonds. The van der Waals surface area contributed by atoms with Gasteiger partial charge >= 0.3 is 5.97 Å². The zero-order chi connectivity index (χ0) is 17.4. The van der Waals surface area contributed by atoms with Crippen LogP contribution in [0.3, 0.4) is 0 Å². The molecule has 2 aromatic heterocycles. The fourth-order valence-electron chi connectivity index (χ4n) is 2.43. The van der Waals surface area contributed by atoms with Crippen molar-refractivity contribution in [1.82, 2.24) is 19.5 Å². The van der Waals surface area contributed by atoms with Crippen LogP contribution in [-0.4, -0.2) is 77.4 Å². The van der Waals surface area contributed by atoms with Gasteiger partial charge in [-0.15, -0.1) is 0 Å². The molecular weight excluding hydrogens is 326 g/mol. The molecule has 0 aliphatic carbocycles. The van der Waals surface area contributed by atoms with E-state index in [9.17, 15) is 15.0 Å². The lowest BCUT2D eigenvalue weighted by Gasteiger charge is -2.16. The van der Waals surface area contributed by atoms with E-state index in [1.807, 2.05) is 0 Å². The Morgan fingerprint density at radius 1 is 1.38 bits per heavy atom. The summed E-state index contributed by atoms with van der Waals surface area (Å²) in [5.41, 5.74) is 5.83. The number of anilines is 1. The van der Waals surface area contributed by atoms with Crippen molar-refractivity contribution in [2.75, 3.05) is 18.9 Å². The minimum atomic E-state index is -1.33. The van der Waals surface area contributed by atoms with Crippen molar-refractivity contribution < 1.29 is 34.7 Å². The maximum atomic E-state index is 10.6. The third-order valence-corrected chi connectivity index (χ3v) is 3.53. The van der Waals surface area contributed by atoms with E-state index in [2.05, 4.69) is 15.0 Å². The topological polar surface area (TPSA) is 186 Å². The second-order valence-corrected chi connectivity index (χ2v) is 5.12. The Morgan fingerprint density at radius 3 is 2.75 bits per heavy atom. The molecule has 12 heteroatoms. The number of nitrogens with two attached hydrogens (primary N) is 1. The summed E-state index contributed by atoms with van der Waals surface area (Å²) < 4.78 is 11.7. The van der Waals surface area contributed by atoms with Crippen molar-refractivity contribution in [2.45, 2.75) is 24.5 Å².